The number of hydrogen-bond donors (Lipinski definition) is 0. The van der Waals surface area contributed by atoms with Crippen LogP contribution in [0.3, 0.4) is 0 Å². The van der Waals surface area contributed by atoms with Crippen molar-refractivity contribution in [2.75, 3.05) is 19.8 Å². The van der Waals surface area contributed by atoms with Crippen molar-refractivity contribution in [1.82, 2.24) is 0 Å². The molecule has 140 valence electrons. The molecule has 1 aromatic carbocycles. The SMILES string of the molecule is CC=CC(=O)OCCCC[Si](OCCC)(OCCC)c1ccccc1. The van der Waals surface area contributed by atoms with E-state index in [4.69, 9.17) is 13.6 Å². The number of unbranched alkanes of at least 4 members (excludes halogenated alkanes) is 1. The average Bonchev–Trinajstić information content (AvgIpc) is 2.64. The fraction of sp³-hybridized carbons (Fsp3) is 0.550. The Balaban J connectivity index is 2.70. The van der Waals surface area contributed by atoms with Gasteiger partial charge in [-0.05, 0) is 43.8 Å². The summed E-state index contributed by atoms with van der Waals surface area (Å²) < 4.78 is 17.8. The molecule has 0 saturated heterocycles. The highest BCUT2D eigenvalue weighted by Gasteiger charge is 2.39. The highest BCUT2D eigenvalue weighted by Crippen LogP contribution is 2.19. The number of allylic oxidation sites excluding steroid dienone is 1. The smallest absolute Gasteiger partial charge is 0.372 e. The Morgan fingerprint density at radius 2 is 1.64 bits per heavy atom. The molecule has 5 heteroatoms. The Bertz CT molecular complexity index is 494. The molecule has 0 bridgehead atoms. The fourth-order valence-electron chi connectivity index (χ4n) is 2.54. The number of ether oxygens (including phenoxy) is 1. The average molecular weight is 365 g/mol. The molecule has 0 radical (unpaired) electrons. The van der Waals surface area contributed by atoms with Gasteiger partial charge in [-0.3, -0.25) is 0 Å². The van der Waals surface area contributed by atoms with Gasteiger partial charge in [0.25, 0.3) is 0 Å². The van der Waals surface area contributed by atoms with Crippen molar-refractivity contribution < 1.29 is 18.4 Å². The quantitative estimate of drug-likeness (QED) is 0.229. The molecule has 1 aromatic rings. The summed E-state index contributed by atoms with van der Waals surface area (Å²) in [4.78, 5) is 11.4. The normalized spacial score (nSPS) is 11.8. The molecule has 0 saturated carbocycles. The number of rotatable bonds is 13. The predicted molar refractivity (Wildman–Crippen MR) is 104 cm³/mol. The number of esters is 1. The Morgan fingerprint density at radius 1 is 1.00 bits per heavy atom. The lowest BCUT2D eigenvalue weighted by Gasteiger charge is -2.31. The van der Waals surface area contributed by atoms with Gasteiger partial charge < -0.3 is 13.6 Å². The van der Waals surface area contributed by atoms with Gasteiger partial charge >= 0.3 is 14.5 Å². The van der Waals surface area contributed by atoms with E-state index in [0.29, 0.717) is 19.8 Å². The molecule has 4 nitrogen and oxygen atoms in total. The van der Waals surface area contributed by atoms with Crippen LogP contribution in [0, 0.1) is 0 Å². The Labute approximate surface area is 153 Å². The van der Waals surface area contributed by atoms with Crippen molar-refractivity contribution in [1.29, 1.82) is 0 Å². The van der Waals surface area contributed by atoms with Gasteiger partial charge in [-0.1, -0.05) is 50.3 Å². The summed E-state index contributed by atoms with van der Waals surface area (Å²) in [5, 5.41) is 1.18. The van der Waals surface area contributed by atoms with Gasteiger partial charge in [-0.2, -0.15) is 0 Å². The highest BCUT2D eigenvalue weighted by molar-refractivity contribution is 6.81. The molecular formula is C20H32O4Si. The zero-order chi connectivity index (χ0) is 18.4. The molecule has 0 spiro atoms. The zero-order valence-electron chi connectivity index (χ0n) is 15.8. The molecule has 0 amide bonds. The number of carbonyl (C=O) groups excluding carboxylic acids is 1. The van der Waals surface area contributed by atoms with Crippen LogP contribution in [-0.4, -0.2) is 34.4 Å². The van der Waals surface area contributed by atoms with E-state index < -0.39 is 8.56 Å². The van der Waals surface area contributed by atoms with E-state index in [1.807, 2.05) is 18.2 Å². The molecule has 0 fully saturated rings. The summed E-state index contributed by atoms with van der Waals surface area (Å²) in [5.41, 5.74) is 0. The molecule has 1 rings (SSSR count). The van der Waals surface area contributed by atoms with E-state index in [2.05, 4.69) is 26.0 Å². The summed E-state index contributed by atoms with van der Waals surface area (Å²) in [5.74, 6) is -0.279. The van der Waals surface area contributed by atoms with Crippen LogP contribution in [0.2, 0.25) is 6.04 Å². The van der Waals surface area contributed by atoms with E-state index in [0.717, 1.165) is 31.7 Å². The minimum Gasteiger partial charge on any atom is -0.463 e. The molecule has 0 heterocycles. The first kappa shape index (κ1) is 21.6. The third-order valence-corrected chi connectivity index (χ3v) is 7.31. The van der Waals surface area contributed by atoms with Gasteiger partial charge in [-0.15, -0.1) is 0 Å². The van der Waals surface area contributed by atoms with Crippen molar-refractivity contribution in [2.24, 2.45) is 0 Å². The molecule has 0 unspecified atom stereocenters. The maximum absolute atomic E-state index is 11.4. The standard InChI is InChI=1S/C20H32O4Si/c1-4-12-20(21)22-17-10-11-18-25(23-15-5-2,24-16-6-3)19-13-8-7-9-14-19/h4,7-9,12-14H,5-6,10-11,15-18H2,1-3H3. The Hall–Kier alpha value is -1.43. The third-order valence-electron chi connectivity index (χ3n) is 3.74. The van der Waals surface area contributed by atoms with Crippen molar-refractivity contribution >= 4 is 19.7 Å². The predicted octanol–water partition coefficient (Wildman–Crippen LogP) is 4.09. The van der Waals surface area contributed by atoms with E-state index in [9.17, 15) is 4.79 Å². The maximum atomic E-state index is 11.4. The highest BCUT2D eigenvalue weighted by atomic mass is 28.4. The first-order valence-electron chi connectivity index (χ1n) is 9.31. The van der Waals surface area contributed by atoms with Crippen LogP contribution in [-0.2, 0) is 18.4 Å². The van der Waals surface area contributed by atoms with Gasteiger partial charge in [0.15, 0.2) is 0 Å². The van der Waals surface area contributed by atoms with Crippen LogP contribution in [0.4, 0.5) is 0 Å². The molecule has 25 heavy (non-hydrogen) atoms. The molecule has 0 aromatic heterocycles. The number of hydrogen-bond acceptors (Lipinski definition) is 4. The van der Waals surface area contributed by atoms with Gasteiger partial charge in [0, 0.05) is 19.3 Å². The second-order valence-corrected chi connectivity index (χ2v) is 9.10. The minimum absolute atomic E-state index is 0.279. The number of benzene rings is 1. The first-order chi connectivity index (χ1) is 12.2. The first-order valence-corrected chi connectivity index (χ1v) is 11.3. The van der Waals surface area contributed by atoms with Crippen LogP contribution in [0.25, 0.3) is 0 Å². The molecule has 0 aliphatic carbocycles. The van der Waals surface area contributed by atoms with E-state index in [-0.39, 0.29) is 5.97 Å². The van der Waals surface area contributed by atoms with Gasteiger partial charge in [0.1, 0.15) is 0 Å². The Kier molecular flexibility index (Phi) is 11.1. The summed E-state index contributed by atoms with van der Waals surface area (Å²) in [7, 11) is -2.46. The van der Waals surface area contributed by atoms with Crippen LogP contribution >= 0.6 is 0 Å². The minimum atomic E-state index is -2.46. The van der Waals surface area contributed by atoms with Crippen LogP contribution in [0.15, 0.2) is 42.5 Å². The van der Waals surface area contributed by atoms with Gasteiger partial charge in [0.2, 0.25) is 0 Å². The second kappa shape index (κ2) is 12.9. The van der Waals surface area contributed by atoms with Crippen molar-refractivity contribution in [3.05, 3.63) is 42.5 Å². The second-order valence-electron chi connectivity index (χ2n) is 5.94. The summed E-state index contributed by atoms with van der Waals surface area (Å²) in [6, 6.07) is 11.2. The molecule has 0 atom stereocenters. The van der Waals surface area contributed by atoms with E-state index in [1.165, 1.54) is 11.3 Å². The summed E-state index contributed by atoms with van der Waals surface area (Å²) in [6.07, 6.45) is 6.80. The van der Waals surface area contributed by atoms with Crippen molar-refractivity contribution in [2.45, 2.75) is 52.5 Å². The lowest BCUT2D eigenvalue weighted by Crippen LogP contribution is -2.54. The largest absolute Gasteiger partial charge is 0.463 e. The Morgan fingerprint density at radius 3 is 2.20 bits per heavy atom. The van der Waals surface area contributed by atoms with E-state index >= 15 is 0 Å². The maximum Gasteiger partial charge on any atom is 0.372 e. The zero-order valence-corrected chi connectivity index (χ0v) is 16.8. The molecule has 0 aliphatic heterocycles. The third kappa shape index (κ3) is 7.99. The van der Waals surface area contributed by atoms with Crippen LogP contribution in [0.1, 0.15) is 46.5 Å². The molecular weight excluding hydrogens is 332 g/mol. The molecule has 0 aliphatic rings. The van der Waals surface area contributed by atoms with Crippen molar-refractivity contribution in [3.63, 3.8) is 0 Å². The lowest BCUT2D eigenvalue weighted by atomic mass is 10.3. The van der Waals surface area contributed by atoms with Crippen molar-refractivity contribution in [3.8, 4) is 0 Å². The summed E-state index contributed by atoms with van der Waals surface area (Å²) >= 11 is 0. The number of carbonyl (C=O) groups is 1. The summed E-state index contributed by atoms with van der Waals surface area (Å²) in [6.45, 7) is 7.89. The topological polar surface area (TPSA) is 44.8 Å². The monoisotopic (exact) mass is 364 g/mol. The fourth-order valence-corrected chi connectivity index (χ4v) is 6.02. The van der Waals surface area contributed by atoms with E-state index in [1.54, 1.807) is 13.0 Å². The lowest BCUT2D eigenvalue weighted by molar-refractivity contribution is -0.137. The van der Waals surface area contributed by atoms with Gasteiger partial charge in [-0.25, -0.2) is 4.79 Å². The van der Waals surface area contributed by atoms with Crippen LogP contribution in [0.5, 0.6) is 0 Å². The molecule has 0 N–H and O–H groups in total. The van der Waals surface area contributed by atoms with Crippen LogP contribution < -0.4 is 5.19 Å². The van der Waals surface area contributed by atoms with Gasteiger partial charge in [0.05, 0.1) is 6.61 Å².